The summed E-state index contributed by atoms with van der Waals surface area (Å²) in [7, 11) is -3.48. The second kappa shape index (κ2) is 8.90. The van der Waals surface area contributed by atoms with Gasteiger partial charge in [0.1, 0.15) is 11.6 Å². The third-order valence-corrected chi connectivity index (χ3v) is 8.00. The lowest BCUT2D eigenvalue weighted by Gasteiger charge is -2.08. The number of sulfone groups is 1. The Morgan fingerprint density at radius 1 is 0.903 bits per heavy atom. The van der Waals surface area contributed by atoms with E-state index in [1.807, 2.05) is 0 Å². The molecule has 8 heteroatoms. The van der Waals surface area contributed by atoms with Gasteiger partial charge in [-0.2, -0.15) is 0 Å². The van der Waals surface area contributed by atoms with Gasteiger partial charge in [0, 0.05) is 17.6 Å². The molecule has 1 heterocycles. The SMILES string of the molecule is CS(=O)(=O)c1ccccc1-c1nc(SCc2ccc(F)cc2)sc1-c1ccc(F)cc1. The molecule has 0 unspecified atom stereocenters. The molecule has 0 amide bonds. The van der Waals surface area contributed by atoms with Gasteiger partial charge >= 0.3 is 0 Å². The Morgan fingerprint density at radius 3 is 2.16 bits per heavy atom. The van der Waals surface area contributed by atoms with E-state index in [4.69, 9.17) is 4.98 Å². The number of hydrogen-bond donors (Lipinski definition) is 0. The van der Waals surface area contributed by atoms with Crippen LogP contribution < -0.4 is 0 Å². The summed E-state index contributed by atoms with van der Waals surface area (Å²) in [6.07, 6.45) is 1.17. The predicted octanol–water partition coefficient (Wildman–Crippen LogP) is 6.45. The minimum absolute atomic E-state index is 0.193. The molecule has 158 valence electrons. The van der Waals surface area contributed by atoms with Gasteiger partial charge < -0.3 is 0 Å². The van der Waals surface area contributed by atoms with Crippen LogP contribution in [-0.4, -0.2) is 19.7 Å². The molecular weight excluding hydrogens is 456 g/mol. The highest BCUT2D eigenvalue weighted by molar-refractivity contribution is 8.00. The van der Waals surface area contributed by atoms with Gasteiger partial charge in [-0.3, -0.25) is 0 Å². The molecule has 0 aliphatic carbocycles. The van der Waals surface area contributed by atoms with Gasteiger partial charge in [0.25, 0.3) is 0 Å². The zero-order valence-corrected chi connectivity index (χ0v) is 18.8. The standard InChI is InChI=1S/C23H17F2NO2S3/c1-31(27,28)20-5-3-2-4-19(20)21-22(16-8-12-18(25)13-9-16)30-23(26-21)29-14-15-6-10-17(24)11-7-15/h2-13H,14H2,1H3. The van der Waals surface area contributed by atoms with Crippen molar-refractivity contribution in [3.63, 3.8) is 0 Å². The molecule has 1 aromatic heterocycles. The quantitative estimate of drug-likeness (QED) is 0.302. The monoisotopic (exact) mass is 473 g/mol. The minimum atomic E-state index is -3.48. The Kier molecular flexibility index (Phi) is 6.22. The van der Waals surface area contributed by atoms with E-state index in [0.29, 0.717) is 17.0 Å². The Balaban J connectivity index is 1.78. The van der Waals surface area contributed by atoms with E-state index in [9.17, 15) is 17.2 Å². The summed E-state index contributed by atoms with van der Waals surface area (Å²) in [6, 6.07) is 19.0. The zero-order chi connectivity index (χ0) is 22.0. The number of halogens is 2. The van der Waals surface area contributed by atoms with Gasteiger partial charge in [-0.25, -0.2) is 22.2 Å². The van der Waals surface area contributed by atoms with E-state index in [2.05, 4.69) is 0 Å². The summed E-state index contributed by atoms with van der Waals surface area (Å²) in [5, 5.41) is 0. The summed E-state index contributed by atoms with van der Waals surface area (Å²) in [5.74, 6) is -0.0531. The molecule has 0 N–H and O–H groups in total. The van der Waals surface area contributed by atoms with Crippen LogP contribution in [0.3, 0.4) is 0 Å². The second-order valence-corrected chi connectivity index (χ2v) is 11.1. The maximum Gasteiger partial charge on any atom is 0.176 e. The molecular formula is C23H17F2NO2S3. The predicted molar refractivity (Wildman–Crippen MR) is 122 cm³/mol. The first-order valence-electron chi connectivity index (χ1n) is 9.25. The van der Waals surface area contributed by atoms with Crippen molar-refractivity contribution in [2.24, 2.45) is 0 Å². The molecule has 0 radical (unpaired) electrons. The molecule has 0 atom stereocenters. The molecule has 3 aromatic carbocycles. The number of nitrogens with zero attached hydrogens (tertiary/aromatic N) is 1. The topological polar surface area (TPSA) is 47.0 Å². The molecule has 0 aliphatic heterocycles. The summed E-state index contributed by atoms with van der Waals surface area (Å²) >= 11 is 2.90. The lowest BCUT2D eigenvalue weighted by molar-refractivity contribution is 0.602. The van der Waals surface area contributed by atoms with Crippen LogP contribution in [0.5, 0.6) is 0 Å². The number of rotatable bonds is 6. The first-order chi connectivity index (χ1) is 14.8. The maximum absolute atomic E-state index is 13.5. The van der Waals surface area contributed by atoms with Crippen molar-refractivity contribution in [1.82, 2.24) is 4.98 Å². The van der Waals surface area contributed by atoms with Crippen molar-refractivity contribution in [3.05, 3.63) is 90.0 Å². The fourth-order valence-corrected chi connectivity index (χ4v) is 6.06. The highest BCUT2D eigenvalue weighted by Crippen LogP contribution is 2.42. The summed E-state index contributed by atoms with van der Waals surface area (Å²) in [5.41, 5.74) is 2.75. The number of aromatic nitrogens is 1. The Morgan fingerprint density at radius 2 is 1.52 bits per heavy atom. The summed E-state index contributed by atoms with van der Waals surface area (Å²) < 4.78 is 52.1. The zero-order valence-electron chi connectivity index (χ0n) is 16.4. The van der Waals surface area contributed by atoms with Gasteiger partial charge in [-0.15, -0.1) is 11.3 Å². The highest BCUT2D eigenvalue weighted by Gasteiger charge is 2.21. The molecule has 3 nitrogen and oxygen atoms in total. The largest absolute Gasteiger partial charge is 0.229 e. The third kappa shape index (κ3) is 5.03. The molecule has 0 saturated carbocycles. The molecule has 0 bridgehead atoms. The van der Waals surface area contributed by atoms with Crippen molar-refractivity contribution >= 4 is 32.9 Å². The van der Waals surface area contributed by atoms with Crippen molar-refractivity contribution in [3.8, 4) is 21.7 Å². The van der Waals surface area contributed by atoms with E-state index in [1.165, 1.54) is 53.6 Å². The van der Waals surface area contributed by atoms with E-state index in [0.717, 1.165) is 20.3 Å². The average Bonchev–Trinajstić information content (AvgIpc) is 3.17. The molecule has 4 rings (SSSR count). The number of thiazole rings is 1. The molecule has 0 fully saturated rings. The van der Waals surface area contributed by atoms with Gasteiger partial charge in [0.05, 0.1) is 15.5 Å². The Hall–Kier alpha value is -2.55. The van der Waals surface area contributed by atoms with Crippen molar-refractivity contribution in [1.29, 1.82) is 0 Å². The fraction of sp³-hybridized carbons (Fsp3) is 0.0870. The smallest absolute Gasteiger partial charge is 0.176 e. The molecule has 31 heavy (non-hydrogen) atoms. The average molecular weight is 474 g/mol. The first-order valence-corrected chi connectivity index (χ1v) is 12.9. The maximum atomic E-state index is 13.5. The van der Waals surface area contributed by atoms with Crippen LogP contribution >= 0.6 is 23.1 Å². The van der Waals surface area contributed by atoms with Crippen LogP contribution in [-0.2, 0) is 15.6 Å². The molecule has 0 aliphatic rings. The van der Waals surface area contributed by atoms with E-state index >= 15 is 0 Å². The first kappa shape index (κ1) is 21.7. The van der Waals surface area contributed by atoms with E-state index in [-0.39, 0.29) is 16.5 Å². The lowest BCUT2D eigenvalue weighted by Crippen LogP contribution is -2.00. The summed E-state index contributed by atoms with van der Waals surface area (Å²) in [6.45, 7) is 0. The van der Waals surface area contributed by atoms with Crippen LogP contribution in [0.25, 0.3) is 21.7 Å². The normalized spacial score (nSPS) is 11.6. The number of benzene rings is 3. The van der Waals surface area contributed by atoms with Crippen molar-refractivity contribution < 1.29 is 17.2 Å². The fourth-order valence-electron chi connectivity index (χ4n) is 3.05. The van der Waals surface area contributed by atoms with Gasteiger partial charge in [0.15, 0.2) is 14.2 Å². The highest BCUT2D eigenvalue weighted by atomic mass is 32.2. The minimum Gasteiger partial charge on any atom is -0.229 e. The molecule has 4 aromatic rings. The Bertz CT molecular complexity index is 1320. The molecule has 0 saturated heterocycles. The summed E-state index contributed by atoms with van der Waals surface area (Å²) in [4.78, 5) is 5.69. The van der Waals surface area contributed by atoms with Crippen LogP contribution in [0.4, 0.5) is 8.78 Å². The van der Waals surface area contributed by atoms with Gasteiger partial charge in [0.2, 0.25) is 0 Å². The van der Waals surface area contributed by atoms with Gasteiger partial charge in [-0.05, 0) is 41.5 Å². The number of hydrogen-bond acceptors (Lipinski definition) is 5. The second-order valence-electron chi connectivity index (χ2n) is 6.85. The third-order valence-electron chi connectivity index (χ3n) is 4.53. The van der Waals surface area contributed by atoms with Crippen LogP contribution in [0.15, 0.2) is 82.0 Å². The van der Waals surface area contributed by atoms with Crippen molar-refractivity contribution in [2.45, 2.75) is 15.0 Å². The van der Waals surface area contributed by atoms with Crippen LogP contribution in [0.2, 0.25) is 0 Å². The Labute approximate surface area is 187 Å². The van der Waals surface area contributed by atoms with Crippen molar-refractivity contribution in [2.75, 3.05) is 6.26 Å². The van der Waals surface area contributed by atoms with Crippen LogP contribution in [0.1, 0.15) is 5.56 Å². The van der Waals surface area contributed by atoms with E-state index < -0.39 is 9.84 Å². The molecule has 0 spiro atoms. The van der Waals surface area contributed by atoms with E-state index in [1.54, 1.807) is 48.5 Å². The number of thioether (sulfide) groups is 1. The van der Waals surface area contributed by atoms with Crippen LogP contribution in [0, 0.1) is 11.6 Å². The van der Waals surface area contributed by atoms with Gasteiger partial charge in [-0.1, -0.05) is 54.2 Å². The lowest BCUT2D eigenvalue weighted by atomic mass is 10.1.